The summed E-state index contributed by atoms with van der Waals surface area (Å²) in [5, 5.41) is 9.50. The molecule has 1 aliphatic rings. The van der Waals surface area contributed by atoms with Crippen molar-refractivity contribution in [1.29, 1.82) is 0 Å². The molecule has 0 saturated heterocycles. The maximum atomic E-state index is 9.50. The van der Waals surface area contributed by atoms with Crippen LogP contribution in [0.15, 0.2) is 18.2 Å². The molecule has 0 radical (unpaired) electrons. The van der Waals surface area contributed by atoms with Crippen LogP contribution in [0.5, 0.6) is 11.5 Å². The van der Waals surface area contributed by atoms with Gasteiger partial charge in [0.15, 0.2) is 11.5 Å². The first-order valence-corrected chi connectivity index (χ1v) is 5.82. The number of ether oxygens (including phenoxy) is 1. The van der Waals surface area contributed by atoms with Crippen molar-refractivity contribution in [3.05, 3.63) is 23.8 Å². The molecule has 1 saturated carbocycles. The number of phenolic OH excluding ortho intramolecular Hbond substituents is 1. The van der Waals surface area contributed by atoms with Gasteiger partial charge >= 0.3 is 0 Å². The predicted octanol–water partition coefficient (Wildman–Crippen LogP) is 2.07. The van der Waals surface area contributed by atoms with E-state index in [1.54, 1.807) is 13.2 Å². The molecule has 16 heavy (non-hydrogen) atoms. The monoisotopic (exact) mass is 221 g/mol. The Balaban J connectivity index is 2.09. The molecule has 0 aliphatic heterocycles. The molecule has 1 aliphatic carbocycles. The molecular formula is C13H19NO2. The molecule has 2 rings (SSSR count). The second-order valence-corrected chi connectivity index (χ2v) is 4.57. The Labute approximate surface area is 96.2 Å². The van der Waals surface area contributed by atoms with E-state index in [0.717, 1.165) is 12.8 Å². The Morgan fingerprint density at radius 2 is 2.25 bits per heavy atom. The van der Waals surface area contributed by atoms with E-state index in [2.05, 4.69) is 0 Å². The molecule has 3 nitrogen and oxygen atoms in total. The van der Waals surface area contributed by atoms with Gasteiger partial charge in [0.05, 0.1) is 7.11 Å². The molecule has 0 heterocycles. The SMILES string of the molecule is COc1cc(C[C@H]2CCC[C@H]2N)ccc1O. The number of rotatable bonds is 3. The van der Waals surface area contributed by atoms with Gasteiger partial charge < -0.3 is 15.6 Å². The Hall–Kier alpha value is -1.22. The van der Waals surface area contributed by atoms with Crippen LogP contribution in [0.4, 0.5) is 0 Å². The largest absolute Gasteiger partial charge is 0.504 e. The van der Waals surface area contributed by atoms with Crippen molar-refractivity contribution in [3.63, 3.8) is 0 Å². The summed E-state index contributed by atoms with van der Waals surface area (Å²) in [6.45, 7) is 0. The van der Waals surface area contributed by atoms with Gasteiger partial charge in [0.2, 0.25) is 0 Å². The molecule has 0 unspecified atom stereocenters. The Morgan fingerprint density at radius 1 is 1.44 bits per heavy atom. The Bertz CT molecular complexity index is 365. The number of benzene rings is 1. The summed E-state index contributed by atoms with van der Waals surface area (Å²) in [5.41, 5.74) is 7.24. The third-order valence-electron chi connectivity index (χ3n) is 3.46. The maximum Gasteiger partial charge on any atom is 0.160 e. The van der Waals surface area contributed by atoms with Crippen molar-refractivity contribution in [3.8, 4) is 11.5 Å². The molecule has 0 aromatic heterocycles. The summed E-state index contributed by atoms with van der Waals surface area (Å²) in [6.07, 6.45) is 4.57. The minimum absolute atomic E-state index is 0.196. The highest BCUT2D eigenvalue weighted by atomic mass is 16.5. The maximum absolute atomic E-state index is 9.50. The highest BCUT2D eigenvalue weighted by Crippen LogP contribution is 2.31. The Kier molecular flexibility index (Phi) is 3.34. The number of aromatic hydroxyl groups is 1. The molecule has 0 bridgehead atoms. The van der Waals surface area contributed by atoms with Crippen molar-refractivity contribution in [2.45, 2.75) is 31.7 Å². The van der Waals surface area contributed by atoms with Crippen LogP contribution >= 0.6 is 0 Å². The fraction of sp³-hybridized carbons (Fsp3) is 0.538. The zero-order valence-corrected chi connectivity index (χ0v) is 9.65. The second kappa shape index (κ2) is 4.74. The van der Waals surface area contributed by atoms with Gasteiger partial charge in [0.25, 0.3) is 0 Å². The molecule has 1 aromatic rings. The van der Waals surface area contributed by atoms with Crippen LogP contribution in [0.3, 0.4) is 0 Å². The van der Waals surface area contributed by atoms with Gasteiger partial charge in [-0.2, -0.15) is 0 Å². The molecule has 3 heteroatoms. The number of methoxy groups -OCH3 is 1. The van der Waals surface area contributed by atoms with Gasteiger partial charge in [-0.05, 0) is 42.9 Å². The minimum atomic E-state index is 0.196. The summed E-state index contributed by atoms with van der Waals surface area (Å²) in [6, 6.07) is 5.87. The second-order valence-electron chi connectivity index (χ2n) is 4.57. The molecule has 1 fully saturated rings. The van der Waals surface area contributed by atoms with Crippen LogP contribution in [0.2, 0.25) is 0 Å². The van der Waals surface area contributed by atoms with E-state index in [4.69, 9.17) is 10.5 Å². The fourth-order valence-corrected chi connectivity index (χ4v) is 2.47. The van der Waals surface area contributed by atoms with E-state index in [1.165, 1.54) is 18.4 Å². The summed E-state index contributed by atoms with van der Waals surface area (Å²) in [7, 11) is 1.57. The summed E-state index contributed by atoms with van der Waals surface area (Å²) in [5.74, 6) is 1.32. The van der Waals surface area contributed by atoms with Gasteiger partial charge in [0, 0.05) is 6.04 Å². The lowest BCUT2D eigenvalue weighted by Gasteiger charge is -2.15. The molecule has 88 valence electrons. The number of hydrogen-bond acceptors (Lipinski definition) is 3. The van der Waals surface area contributed by atoms with Gasteiger partial charge in [-0.3, -0.25) is 0 Å². The van der Waals surface area contributed by atoms with Crippen LogP contribution in [0.1, 0.15) is 24.8 Å². The Morgan fingerprint density at radius 3 is 2.88 bits per heavy atom. The molecule has 2 atom stereocenters. The van der Waals surface area contributed by atoms with Gasteiger partial charge in [-0.1, -0.05) is 12.5 Å². The van der Waals surface area contributed by atoms with Gasteiger partial charge in [-0.25, -0.2) is 0 Å². The van der Waals surface area contributed by atoms with Crippen LogP contribution in [-0.2, 0) is 6.42 Å². The minimum Gasteiger partial charge on any atom is -0.504 e. The topological polar surface area (TPSA) is 55.5 Å². The molecule has 3 N–H and O–H groups in total. The van der Waals surface area contributed by atoms with E-state index >= 15 is 0 Å². The first-order chi connectivity index (χ1) is 7.70. The lowest BCUT2D eigenvalue weighted by Crippen LogP contribution is -2.25. The van der Waals surface area contributed by atoms with E-state index in [0.29, 0.717) is 17.7 Å². The fourth-order valence-electron chi connectivity index (χ4n) is 2.47. The lowest BCUT2D eigenvalue weighted by atomic mass is 9.95. The van der Waals surface area contributed by atoms with Crippen LogP contribution in [0.25, 0.3) is 0 Å². The number of hydrogen-bond donors (Lipinski definition) is 2. The van der Waals surface area contributed by atoms with E-state index in [-0.39, 0.29) is 5.75 Å². The quantitative estimate of drug-likeness (QED) is 0.821. The van der Waals surface area contributed by atoms with Crippen molar-refractivity contribution in [2.75, 3.05) is 7.11 Å². The van der Waals surface area contributed by atoms with E-state index in [1.807, 2.05) is 12.1 Å². The van der Waals surface area contributed by atoms with E-state index in [9.17, 15) is 5.11 Å². The summed E-state index contributed by atoms with van der Waals surface area (Å²) < 4.78 is 5.10. The standard InChI is InChI=1S/C13H19NO2/c1-16-13-8-9(5-6-12(13)15)7-10-3-2-4-11(10)14/h5-6,8,10-11,15H,2-4,7,14H2,1H3/t10-,11-/m1/s1. The lowest BCUT2D eigenvalue weighted by molar-refractivity contribution is 0.372. The van der Waals surface area contributed by atoms with Crippen molar-refractivity contribution < 1.29 is 9.84 Å². The highest BCUT2D eigenvalue weighted by molar-refractivity contribution is 5.41. The molecule has 0 amide bonds. The van der Waals surface area contributed by atoms with Crippen LogP contribution in [0, 0.1) is 5.92 Å². The zero-order chi connectivity index (χ0) is 11.5. The van der Waals surface area contributed by atoms with Gasteiger partial charge in [-0.15, -0.1) is 0 Å². The first-order valence-electron chi connectivity index (χ1n) is 5.82. The first kappa shape index (κ1) is 11.3. The van der Waals surface area contributed by atoms with Gasteiger partial charge in [0.1, 0.15) is 0 Å². The molecular weight excluding hydrogens is 202 g/mol. The van der Waals surface area contributed by atoms with E-state index < -0.39 is 0 Å². The average molecular weight is 221 g/mol. The summed E-state index contributed by atoms with van der Waals surface area (Å²) >= 11 is 0. The predicted molar refractivity (Wildman–Crippen MR) is 63.7 cm³/mol. The zero-order valence-electron chi connectivity index (χ0n) is 9.65. The van der Waals surface area contributed by atoms with Crippen molar-refractivity contribution >= 4 is 0 Å². The molecule has 0 spiro atoms. The van der Waals surface area contributed by atoms with Crippen molar-refractivity contribution in [2.24, 2.45) is 11.7 Å². The van der Waals surface area contributed by atoms with Crippen molar-refractivity contribution in [1.82, 2.24) is 0 Å². The normalized spacial score (nSPS) is 24.6. The number of phenols is 1. The smallest absolute Gasteiger partial charge is 0.160 e. The third-order valence-corrected chi connectivity index (χ3v) is 3.46. The number of nitrogens with two attached hydrogens (primary N) is 1. The van der Waals surface area contributed by atoms with Crippen LogP contribution < -0.4 is 10.5 Å². The summed E-state index contributed by atoms with van der Waals surface area (Å²) in [4.78, 5) is 0. The van der Waals surface area contributed by atoms with Crippen LogP contribution in [-0.4, -0.2) is 18.3 Å². The third kappa shape index (κ3) is 2.30. The average Bonchev–Trinajstić information content (AvgIpc) is 2.67. The molecule has 1 aromatic carbocycles. The highest BCUT2D eigenvalue weighted by Gasteiger charge is 2.24.